The number of hydrogen-bond donors (Lipinski definition) is 2. The first-order valence-corrected chi connectivity index (χ1v) is 9.09. The SMILES string of the molecule is CCNC(=NCc1nncn1CC)NCC(C)(C)c1ccc(F)cc1Cl.I. The third-order valence-electron chi connectivity index (χ3n) is 4.12. The molecule has 1 aromatic carbocycles. The Morgan fingerprint density at radius 3 is 2.67 bits per heavy atom. The summed E-state index contributed by atoms with van der Waals surface area (Å²) in [6.07, 6.45) is 1.70. The first kappa shape index (κ1) is 23.6. The molecular formula is C18H27ClFIN6. The summed E-state index contributed by atoms with van der Waals surface area (Å²) >= 11 is 6.22. The predicted octanol–water partition coefficient (Wildman–Crippen LogP) is 3.74. The standard InChI is InChI=1S/C18H26ClFN6.HI/c1-5-21-17(22-10-16-25-24-12-26(16)6-2)23-11-18(3,4)14-8-7-13(20)9-15(14)19;/h7-9,12H,5-6,10-11H2,1-4H3,(H2,21,22,23);1H. The summed E-state index contributed by atoms with van der Waals surface area (Å²) in [5.41, 5.74) is 0.583. The number of aromatic nitrogens is 3. The van der Waals surface area contributed by atoms with Gasteiger partial charge in [-0.1, -0.05) is 31.5 Å². The fourth-order valence-electron chi connectivity index (χ4n) is 2.60. The largest absolute Gasteiger partial charge is 0.357 e. The first-order chi connectivity index (χ1) is 12.4. The highest BCUT2D eigenvalue weighted by Gasteiger charge is 2.24. The number of rotatable bonds is 7. The van der Waals surface area contributed by atoms with Crippen molar-refractivity contribution < 1.29 is 4.39 Å². The summed E-state index contributed by atoms with van der Waals surface area (Å²) in [7, 11) is 0. The molecule has 0 unspecified atom stereocenters. The van der Waals surface area contributed by atoms with Crippen molar-refractivity contribution in [3.8, 4) is 0 Å². The normalized spacial score (nSPS) is 11.9. The Morgan fingerprint density at radius 2 is 2.04 bits per heavy atom. The molecule has 0 spiro atoms. The van der Waals surface area contributed by atoms with Gasteiger partial charge in [0.1, 0.15) is 18.7 Å². The number of nitrogens with one attached hydrogen (secondary N) is 2. The van der Waals surface area contributed by atoms with E-state index in [9.17, 15) is 4.39 Å². The second-order valence-corrected chi connectivity index (χ2v) is 7.00. The highest BCUT2D eigenvalue weighted by Crippen LogP contribution is 2.29. The molecule has 0 radical (unpaired) electrons. The highest BCUT2D eigenvalue weighted by atomic mass is 127. The third-order valence-corrected chi connectivity index (χ3v) is 4.43. The van der Waals surface area contributed by atoms with Gasteiger partial charge in [-0.05, 0) is 31.5 Å². The van der Waals surface area contributed by atoms with Gasteiger partial charge >= 0.3 is 0 Å². The molecule has 2 N–H and O–H groups in total. The van der Waals surface area contributed by atoms with E-state index in [2.05, 4.69) is 39.7 Å². The van der Waals surface area contributed by atoms with Gasteiger partial charge in [0, 0.05) is 30.1 Å². The number of halogens is 3. The molecule has 9 heteroatoms. The van der Waals surface area contributed by atoms with Gasteiger partial charge < -0.3 is 15.2 Å². The topological polar surface area (TPSA) is 67.1 Å². The van der Waals surface area contributed by atoms with Crippen LogP contribution in [-0.4, -0.2) is 33.8 Å². The van der Waals surface area contributed by atoms with E-state index >= 15 is 0 Å². The van der Waals surface area contributed by atoms with E-state index in [0.717, 1.165) is 24.5 Å². The molecule has 1 aromatic heterocycles. The van der Waals surface area contributed by atoms with Crippen molar-refractivity contribution in [2.45, 2.75) is 46.2 Å². The first-order valence-electron chi connectivity index (χ1n) is 8.71. The smallest absolute Gasteiger partial charge is 0.191 e. The molecule has 0 amide bonds. The Bertz CT molecular complexity index is 762. The Balaban J connectivity index is 0.00000364. The zero-order chi connectivity index (χ0) is 19.2. The van der Waals surface area contributed by atoms with Gasteiger partial charge in [0.25, 0.3) is 0 Å². The van der Waals surface area contributed by atoms with Crippen molar-refractivity contribution in [2.24, 2.45) is 4.99 Å². The Morgan fingerprint density at radius 1 is 1.30 bits per heavy atom. The van der Waals surface area contributed by atoms with Crippen LogP contribution in [0.15, 0.2) is 29.5 Å². The number of aryl methyl sites for hydroxylation is 1. The molecule has 150 valence electrons. The van der Waals surface area contributed by atoms with Crippen LogP contribution in [0.5, 0.6) is 0 Å². The van der Waals surface area contributed by atoms with Crippen molar-refractivity contribution in [1.29, 1.82) is 0 Å². The van der Waals surface area contributed by atoms with E-state index in [-0.39, 0.29) is 35.2 Å². The summed E-state index contributed by atoms with van der Waals surface area (Å²) < 4.78 is 15.3. The molecule has 1 heterocycles. The fourth-order valence-corrected chi connectivity index (χ4v) is 3.02. The highest BCUT2D eigenvalue weighted by molar-refractivity contribution is 14.0. The average molecular weight is 509 g/mol. The minimum Gasteiger partial charge on any atom is -0.357 e. The van der Waals surface area contributed by atoms with Crippen LogP contribution in [-0.2, 0) is 18.5 Å². The van der Waals surface area contributed by atoms with E-state index < -0.39 is 0 Å². The zero-order valence-electron chi connectivity index (χ0n) is 16.1. The molecule has 0 bridgehead atoms. The summed E-state index contributed by atoms with van der Waals surface area (Å²) in [5, 5.41) is 15.0. The maximum atomic E-state index is 13.3. The minimum absolute atomic E-state index is 0. The zero-order valence-corrected chi connectivity index (χ0v) is 19.2. The van der Waals surface area contributed by atoms with Gasteiger partial charge in [0.05, 0.1) is 0 Å². The van der Waals surface area contributed by atoms with E-state index in [0.29, 0.717) is 24.1 Å². The fraction of sp³-hybridized carbons (Fsp3) is 0.500. The van der Waals surface area contributed by atoms with Crippen LogP contribution in [0.2, 0.25) is 5.02 Å². The lowest BCUT2D eigenvalue weighted by molar-refractivity contribution is 0.507. The number of hydrogen-bond acceptors (Lipinski definition) is 3. The van der Waals surface area contributed by atoms with Gasteiger partial charge in [-0.15, -0.1) is 34.2 Å². The van der Waals surface area contributed by atoms with Crippen LogP contribution < -0.4 is 10.6 Å². The molecule has 0 saturated heterocycles. The monoisotopic (exact) mass is 508 g/mol. The molecule has 0 aliphatic heterocycles. The minimum atomic E-state index is -0.336. The van der Waals surface area contributed by atoms with Crippen molar-refractivity contribution in [3.63, 3.8) is 0 Å². The maximum absolute atomic E-state index is 13.3. The van der Waals surface area contributed by atoms with Gasteiger partial charge in [-0.2, -0.15) is 0 Å². The lowest BCUT2D eigenvalue weighted by Gasteiger charge is -2.27. The average Bonchev–Trinajstić information content (AvgIpc) is 3.04. The quantitative estimate of drug-likeness (QED) is 0.340. The van der Waals surface area contributed by atoms with Crippen LogP contribution in [0.1, 0.15) is 39.1 Å². The molecule has 6 nitrogen and oxygen atoms in total. The number of nitrogens with zero attached hydrogens (tertiary/aromatic N) is 4. The second-order valence-electron chi connectivity index (χ2n) is 6.59. The van der Waals surface area contributed by atoms with Crippen LogP contribution in [0.3, 0.4) is 0 Å². The Hall–Kier alpha value is -1.42. The predicted molar refractivity (Wildman–Crippen MR) is 118 cm³/mol. The van der Waals surface area contributed by atoms with Gasteiger partial charge in [0.15, 0.2) is 11.8 Å². The molecule has 0 fully saturated rings. The number of benzene rings is 1. The Labute approximate surface area is 182 Å². The second kappa shape index (κ2) is 10.8. The van der Waals surface area contributed by atoms with Crippen molar-refractivity contribution >= 4 is 41.5 Å². The van der Waals surface area contributed by atoms with Crippen molar-refractivity contribution in [3.05, 3.63) is 46.8 Å². The molecule has 0 atom stereocenters. The van der Waals surface area contributed by atoms with Crippen molar-refractivity contribution in [1.82, 2.24) is 25.4 Å². The lowest BCUT2D eigenvalue weighted by Crippen LogP contribution is -2.43. The van der Waals surface area contributed by atoms with Gasteiger partial charge in [-0.3, -0.25) is 0 Å². The number of aliphatic imine (C=N–C) groups is 1. The van der Waals surface area contributed by atoms with Crippen molar-refractivity contribution in [2.75, 3.05) is 13.1 Å². The number of guanidine groups is 1. The van der Waals surface area contributed by atoms with Crippen LogP contribution in [0, 0.1) is 5.82 Å². The summed E-state index contributed by atoms with van der Waals surface area (Å²) in [5.74, 6) is 1.16. The van der Waals surface area contributed by atoms with Crippen LogP contribution in [0.4, 0.5) is 4.39 Å². The van der Waals surface area contributed by atoms with E-state index in [1.165, 1.54) is 12.1 Å². The van der Waals surface area contributed by atoms with Crippen LogP contribution in [0.25, 0.3) is 0 Å². The Kier molecular flexibility index (Phi) is 9.44. The molecule has 0 saturated carbocycles. The van der Waals surface area contributed by atoms with E-state index in [4.69, 9.17) is 11.6 Å². The summed E-state index contributed by atoms with van der Waals surface area (Å²) in [4.78, 5) is 4.58. The molecule has 0 aliphatic carbocycles. The molecule has 0 aliphatic rings. The van der Waals surface area contributed by atoms with Gasteiger partial charge in [-0.25, -0.2) is 9.38 Å². The maximum Gasteiger partial charge on any atom is 0.191 e. The lowest BCUT2D eigenvalue weighted by atomic mass is 9.84. The summed E-state index contributed by atoms with van der Waals surface area (Å²) in [6, 6.07) is 4.50. The summed E-state index contributed by atoms with van der Waals surface area (Å²) in [6.45, 7) is 10.7. The van der Waals surface area contributed by atoms with Crippen LogP contribution >= 0.6 is 35.6 Å². The molecule has 27 heavy (non-hydrogen) atoms. The van der Waals surface area contributed by atoms with Gasteiger partial charge in [0.2, 0.25) is 0 Å². The molecule has 2 aromatic rings. The third kappa shape index (κ3) is 6.60. The van der Waals surface area contributed by atoms with E-state index in [1.54, 1.807) is 12.4 Å². The molecule has 2 rings (SSSR count). The van der Waals surface area contributed by atoms with E-state index in [1.807, 2.05) is 18.4 Å². The molecular weight excluding hydrogens is 482 g/mol.